The van der Waals surface area contributed by atoms with Gasteiger partial charge in [-0.05, 0) is 31.5 Å². The van der Waals surface area contributed by atoms with E-state index in [0.717, 1.165) is 17.3 Å². The predicted octanol–water partition coefficient (Wildman–Crippen LogP) is 4.02. The highest BCUT2D eigenvalue weighted by molar-refractivity contribution is 8.05. The van der Waals surface area contributed by atoms with Gasteiger partial charge in [-0.15, -0.1) is 11.8 Å². The van der Waals surface area contributed by atoms with Crippen molar-refractivity contribution in [2.24, 2.45) is 0 Å². The number of benzene rings is 2. The molecule has 1 unspecified atom stereocenters. The van der Waals surface area contributed by atoms with Crippen molar-refractivity contribution >= 4 is 34.9 Å². The SMILES string of the molecule is Cc1cccc(NC(=O)C(C)SC2=CC(=O)c3ccccc3C2=O)c1. The third-order valence-corrected chi connectivity index (χ3v) is 5.01. The fourth-order valence-corrected chi connectivity index (χ4v) is 3.53. The van der Waals surface area contributed by atoms with Gasteiger partial charge in [0.15, 0.2) is 11.6 Å². The minimum atomic E-state index is -0.506. The number of hydrogen-bond acceptors (Lipinski definition) is 4. The van der Waals surface area contributed by atoms with Gasteiger partial charge < -0.3 is 5.32 Å². The Morgan fingerprint density at radius 2 is 1.76 bits per heavy atom. The van der Waals surface area contributed by atoms with Gasteiger partial charge >= 0.3 is 0 Å². The number of nitrogens with one attached hydrogen (secondary N) is 1. The van der Waals surface area contributed by atoms with Gasteiger partial charge in [0.25, 0.3) is 0 Å². The first-order valence-corrected chi connectivity index (χ1v) is 8.77. The maximum Gasteiger partial charge on any atom is 0.237 e. The molecule has 1 atom stereocenters. The number of thioether (sulfide) groups is 1. The van der Waals surface area contributed by atoms with Crippen LogP contribution in [0.15, 0.2) is 59.5 Å². The van der Waals surface area contributed by atoms with Crippen molar-refractivity contribution in [2.45, 2.75) is 19.1 Å². The van der Waals surface area contributed by atoms with Crippen LogP contribution in [0.1, 0.15) is 33.2 Å². The summed E-state index contributed by atoms with van der Waals surface area (Å²) in [6, 6.07) is 14.2. The van der Waals surface area contributed by atoms with Gasteiger partial charge in [0, 0.05) is 22.9 Å². The molecule has 0 saturated heterocycles. The Hall–Kier alpha value is -2.66. The number of rotatable bonds is 4. The Bertz CT molecular complexity index is 901. The predicted molar refractivity (Wildman–Crippen MR) is 100 cm³/mol. The van der Waals surface area contributed by atoms with E-state index in [-0.39, 0.29) is 17.5 Å². The fraction of sp³-hybridized carbons (Fsp3) is 0.150. The van der Waals surface area contributed by atoms with Gasteiger partial charge in [0.05, 0.1) is 10.2 Å². The summed E-state index contributed by atoms with van der Waals surface area (Å²) < 4.78 is 0. The average molecular weight is 351 g/mol. The second-order valence-corrected chi connectivity index (χ2v) is 7.25. The van der Waals surface area contributed by atoms with Gasteiger partial charge in [0.2, 0.25) is 5.91 Å². The van der Waals surface area contributed by atoms with Crippen molar-refractivity contribution < 1.29 is 14.4 Å². The lowest BCUT2D eigenvalue weighted by Gasteiger charge is -2.17. The maximum absolute atomic E-state index is 12.6. The molecule has 5 heteroatoms. The molecule has 126 valence electrons. The Morgan fingerprint density at radius 1 is 1.04 bits per heavy atom. The number of Topliss-reactive ketones (excluding diaryl/α,β-unsaturated/α-hetero) is 1. The second kappa shape index (κ2) is 7.07. The highest BCUT2D eigenvalue weighted by Crippen LogP contribution is 2.31. The normalized spacial score (nSPS) is 14.6. The van der Waals surface area contributed by atoms with Crippen LogP contribution in [0.4, 0.5) is 5.69 Å². The van der Waals surface area contributed by atoms with Crippen LogP contribution in [0.25, 0.3) is 0 Å². The van der Waals surface area contributed by atoms with Crippen molar-refractivity contribution in [3.63, 3.8) is 0 Å². The van der Waals surface area contributed by atoms with Gasteiger partial charge in [-0.25, -0.2) is 0 Å². The van der Waals surface area contributed by atoms with Crippen LogP contribution < -0.4 is 5.32 Å². The quantitative estimate of drug-likeness (QED) is 0.904. The van der Waals surface area contributed by atoms with Crippen molar-refractivity contribution in [3.05, 3.63) is 76.2 Å². The van der Waals surface area contributed by atoms with Gasteiger partial charge in [-0.3, -0.25) is 14.4 Å². The first-order chi connectivity index (χ1) is 12.0. The van der Waals surface area contributed by atoms with Crippen LogP contribution in [0.2, 0.25) is 0 Å². The maximum atomic E-state index is 12.6. The van der Waals surface area contributed by atoms with Gasteiger partial charge in [-0.2, -0.15) is 0 Å². The van der Waals surface area contributed by atoms with Gasteiger partial charge in [0.1, 0.15) is 0 Å². The molecule has 2 aromatic carbocycles. The summed E-state index contributed by atoms with van der Waals surface area (Å²) in [5.74, 6) is -0.630. The number of anilines is 1. The van der Waals surface area contributed by atoms with Gasteiger partial charge in [-0.1, -0.05) is 36.4 Å². The molecule has 1 amide bonds. The molecule has 25 heavy (non-hydrogen) atoms. The van der Waals surface area contributed by atoms with E-state index in [0.29, 0.717) is 21.7 Å². The Morgan fingerprint density at radius 3 is 2.48 bits per heavy atom. The number of ketones is 2. The summed E-state index contributed by atoms with van der Waals surface area (Å²) in [5, 5.41) is 2.33. The molecule has 0 fully saturated rings. The molecule has 1 N–H and O–H groups in total. The van der Waals surface area contributed by atoms with E-state index in [1.807, 2.05) is 31.2 Å². The van der Waals surface area contributed by atoms with E-state index in [1.54, 1.807) is 31.2 Å². The van der Waals surface area contributed by atoms with E-state index >= 15 is 0 Å². The summed E-state index contributed by atoms with van der Waals surface area (Å²) in [6.45, 7) is 3.66. The molecule has 0 bridgehead atoms. The van der Waals surface area contributed by atoms with Crippen molar-refractivity contribution in [2.75, 3.05) is 5.32 Å². The van der Waals surface area contributed by atoms with E-state index in [1.165, 1.54) is 6.08 Å². The molecular weight excluding hydrogens is 334 g/mol. The molecule has 0 aromatic heterocycles. The molecule has 0 aliphatic heterocycles. The zero-order valence-electron chi connectivity index (χ0n) is 13.9. The lowest BCUT2D eigenvalue weighted by atomic mass is 9.95. The highest BCUT2D eigenvalue weighted by atomic mass is 32.2. The number of fused-ring (bicyclic) bond motifs is 1. The minimum Gasteiger partial charge on any atom is -0.325 e. The Labute approximate surface area is 150 Å². The van der Waals surface area contributed by atoms with Crippen LogP contribution in [0, 0.1) is 6.92 Å². The molecule has 0 spiro atoms. The Balaban J connectivity index is 1.73. The van der Waals surface area contributed by atoms with Crippen LogP contribution >= 0.6 is 11.8 Å². The smallest absolute Gasteiger partial charge is 0.237 e. The van der Waals surface area contributed by atoms with Crippen LogP contribution in [0.5, 0.6) is 0 Å². The summed E-state index contributed by atoms with van der Waals surface area (Å²) in [4.78, 5) is 37.4. The standard InChI is InChI=1S/C20H17NO3S/c1-12-6-5-7-14(10-12)21-20(24)13(2)25-18-11-17(22)15-8-3-4-9-16(15)19(18)23/h3-11,13H,1-2H3,(H,21,24). The molecule has 1 aliphatic carbocycles. The number of allylic oxidation sites excluding steroid dienone is 2. The molecule has 0 heterocycles. The second-order valence-electron chi connectivity index (χ2n) is 5.87. The van der Waals surface area contributed by atoms with Crippen LogP contribution in [0.3, 0.4) is 0 Å². The van der Waals surface area contributed by atoms with E-state index < -0.39 is 5.25 Å². The third-order valence-electron chi connectivity index (χ3n) is 3.88. The highest BCUT2D eigenvalue weighted by Gasteiger charge is 2.28. The fourth-order valence-electron chi connectivity index (χ4n) is 2.59. The average Bonchev–Trinajstić information content (AvgIpc) is 2.59. The Kier molecular flexibility index (Phi) is 4.86. The van der Waals surface area contributed by atoms with E-state index in [4.69, 9.17) is 0 Å². The topological polar surface area (TPSA) is 63.2 Å². The zero-order valence-corrected chi connectivity index (χ0v) is 14.7. The monoisotopic (exact) mass is 351 g/mol. The number of carbonyl (C=O) groups is 3. The largest absolute Gasteiger partial charge is 0.325 e. The molecule has 4 nitrogen and oxygen atoms in total. The summed E-state index contributed by atoms with van der Waals surface area (Å²) in [7, 11) is 0. The van der Waals surface area contributed by atoms with E-state index in [9.17, 15) is 14.4 Å². The number of carbonyl (C=O) groups excluding carboxylic acids is 3. The molecule has 1 aliphatic rings. The van der Waals surface area contributed by atoms with E-state index in [2.05, 4.69) is 5.32 Å². The first-order valence-electron chi connectivity index (χ1n) is 7.89. The lowest BCUT2D eigenvalue weighted by Crippen LogP contribution is -2.24. The zero-order chi connectivity index (χ0) is 18.0. The summed E-state index contributed by atoms with van der Waals surface area (Å²) in [6.07, 6.45) is 1.33. The lowest BCUT2D eigenvalue weighted by molar-refractivity contribution is -0.115. The number of amides is 1. The first kappa shape index (κ1) is 17.2. The molecule has 2 aromatic rings. The molecule has 3 rings (SSSR count). The molecule has 0 saturated carbocycles. The van der Waals surface area contributed by atoms with Crippen molar-refractivity contribution in [3.8, 4) is 0 Å². The number of aryl methyl sites for hydroxylation is 1. The number of hydrogen-bond donors (Lipinski definition) is 1. The molecular formula is C20H17NO3S. The van der Waals surface area contributed by atoms with Crippen molar-refractivity contribution in [1.29, 1.82) is 0 Å². The van der Waals surface area contributed by atoms with Crippen molar-refractivity contribution in [1.82, 2.24) is 0 Å². The minimum absolute atomic E-state index is 0.205. The molecule has 0 radical (unpaired) electrons. The third kappa shape index (κ3) is 3.72. The van der Waals surface area contributed by atoms with Crippen LogP contribution in [-0.4, -0.2) is 22.7 Å². The van der Waals surface area contributed by atoms with Crippen LogP contribution in [-0.2, 0) is 4.79 Å². The summed E-state index contributed by atoms with van der Waals surface area (Å²) >= 11 is 1.11. The summed E-state index contributed by atoms with van der Waals surface area (Å²) in [5.41, 5.74) is 2.56.